The van der Waals surface area contributed by atoms with Crippen LogP contribution < -0.4 is 4.90 Å². The Morgan fingerprint density at radius 2 is 1.71 bits per heavy atom. The van der Waals surface area contributed by atoms with Gasteiger partial charge >= 0.3 is 5.97 Å². The van der Waals surface area contributed by atoms with Gasteiger partial charge in [-0.2, -0.15) is 0 Å². The number of nitrogens with zero attached hydrogens (tertiary/aromatic N) is 2. The molecule has 0 radical (unpaired) electrons. The summed E-state index contributed by atoms with van der Waals surface area (Å²) in [5.41, 5.74) is 1.91. The van der Waals surface area contributed by atoms with Crippen LogP contribution in [0.1, 0.15) is 28.8 Å². The molecule has 0 aromatic heterocycles. The van der Waals surface area contributed by atoms with Gasteiger partial charge in [0.05, 0.1) is 16.1 Å². The molecule has 0 aliphatic carbocycles. The molecule has 1 heterocycles. The molecule has 7 heteroatoms. The van der Waals surface area contributed by atoms with Crippen molar-refractivity contribution in [3.63, 3.8) is 0 Å². The van der Waals surface area contributed by atoms with Crippen molar-refractivity contribution < 1.29 is 17.9 Å². The molecule has 6 nitrogen and oxygen atoms in total. The first-order valence-corrected chi connectivity index (χ1v) is 11.8. The first-order chi connectivity index (χ1) is 14.9. The fourth-order valence-electron chi connectivity index (χ4n) is 3.92. The van der Waals surface area contributed by atoms with Crippen molar-refractivity contribution in [1.82, 2.24) is 4.31 Å². The van der Waals surface area contributed by atoms with Gasteiger partial charge in [0.2, 0.25) is 10.0 Å². The smallest absolute Gasteiger partial charge is 0.340 e. The number of hydrogen-bond acceptors (Lipinski definition) is 5. The molecule has 1 fully saturated rings. The van der Waals surface area contributed by atoms with Crippen LogP contribution in [0.4, 0.5) is 5.69 Å². The average Bonchev–Trinajstić information content (AvgIpc) is 3.31. The molecule has 1 saturated heterocycles. The van der Waals surface area contributed by atoms with Crippen LogP contribution in [-0.2, 0) is 21.4 Å². The van der Waals surface area contributed by atoms with E-state index in [0.717, 1.165) is 52.3 Å². The molecule has 3 aromatic rings. The Labute approximate surface area is 183 Å². The molecule has 0 saturated carbocycles. The average molecular weight is 439 g/mol. The first kappa shape index (κ1) is 21.3. The molecule has 4 rings (SSSR count). The van der Waals surface area contributed by atoms with E-state index in [9.17, 15) is 13.2 Å². The van der Waals surface area contributed by atoms with Crippen LogP contribution in [-0.4, -0.2) is 45.9 Å². The van der Waals surface area contributed by atoms with E-state index in [-0.39, 0.29) is 17.1 Å². The molecule has 0 amide bonds. The van der Waals surface area contributed by atoms with Gasteiger partial charge in [0.15, 0.2) is 0 Å². The summed E-state index contributed by atoms with van der Waals surface area (Å²) in [6, 6.07) is 18.5. The molecule has 1 aliphatic heterocycles. The van der Waals surface area contributed by atoms with Gasteiger partial charge in [0, 0.05) is 27.2 Å². The SMILES string of the molecule is CN(C)S(=O)(=O)c1ccc(N2CCCC2)c(C(=O)OCc2cccc3ccccc23)c1. The summed E-state index contributed by atoms with van der Waals surface area (Å²) in [5.74, 6) is -0.523. The zero-order chi connectivity index (χ0) is 22.0. The number of fused-ring (bicyclic) bond motifs is 1. The maximum absolute atomic E-state index is 13.1. The second kappa shape index (κ2) is 8.69. The first-order valence-electron chi connectivity index (χ1n) is 10.3. The predicted molar refractivity (Wildman–Crippen MR) is 122 cm³/mol. The molecule has 0 spiro atoms. The standard InChI is InChI=1S/C24H26N2O4S/c1-25(2)31(28,29)20-12-13-23(26-14-5-6-15-26)22(16-20)24(27)30-17-19-10-7-9-18-8-3-4-11-21(18)19/h3-4,7-13,16H,5-6,14-15,17H2,1-2H3. The van der Waals surface area contributed by atoms with E-state index in [1.807, 2.05) is 42.5 Å². The minimum absolute atomic E-state index is 0.0811. The molecular formula is C24H26N2O4S. The van der Waals surface area contributed by atoms with Gasteiger partial charge in [-0.15, -0.1) is 0 Å². The lowest BCUT2D eigenvalue weighted by Crippen LogP contribution is -2.24. The topological polar surface area (TPSA) is 66.9 Å². The van der Waals surface area contributed by atoms with E-state index in [2.05, 4.69) is 4.90 Å². The zero-order valence-corrected chi connectivity index (χ0v) is 18.6. The summed E-state index contributed by atoms with van der Waals surface area (Å²) >= 11 is 0. The minimum atomic E-state index is -3.66. The maximum atomic E-state index is 13.1. The van der Waals surface area contributed by atoms with Crippen LogP contribution in [0.15, 0.2) is 65.6 Å². The highest BCUT2D eigenvalue weighted by Gasteiger charge is 2.25. The Balaban J connectivity index is 1.66. The largest absolute Gasteiger partial charge is 0.457 e. The summed E-state index contributed by atoms with van der Waals surface area (Å²) < 4.78 is 32.1. The Morgan fingerprint density at radius 3 is 2.45 bits per heavy atom. The fraction of sp³-hybridized carbons (Fsp3) is 0.292. The monoisotopic (exact) mass is 438 g/mol. The lowest BCUT2D eigenvalue weighted by molar-refractivity contribution is 0.0475. The third kappa shape index (κ3) is 4.29. The maximum Gasteiger partial charge on any atom is 0.340 e. The van der Waals surface area contributed by atoms with Gasteiger partial charge < -0.3 is 9.64 Å². The Hall–Kier alpha value is -2.90. The second-order valence-electron chi connectivity index (χ2n) is 7.87. The number of ether oxygens (including phenoxy) is 1. The van der Waals surface area contributed by atoms with E-state index in [4.69, 9.17) is 4.74 Å². The highest BCUT2D eigenvalue weighted by atomic mass is 32.2. The lowest BCUT2D eigenvalue weighted by atomic mass is 10.1. The van der Waals surface area contributed by atoms with Crippen LogP contribution in [0.2, 0.25) is 0 Å². The Kier molecular flexibility index (Phi) is 5.98. The summed E-state index contributed by atoms with van der Waals surface area (Å²) in [4.78, 5) is 15.3. The molecule has 0 atom stereocenters. The van der Waals surface area contributed by atoms with Crippen LogP contribution >= 0.6 is 0 Å². The van der Waals surface area contributed by atoms with Crippen molar-refractivity contribution in [1.29, 1.82) is 0 Å². The normalized spacial score (nSPS) is 14.4. The summed E-state index contributed by atoms with van der Waals surface area (Å²) in [7, 11) is -0.713. The van der Waals surface area contributed by atoms with Crippen LogP contribution in [0.3, 0.4) is 0 Å². The van der Waals surface area contributed by atoms with Crippen LogP contribution in [0.25, 0.3) is 10.8 Å². The molecule has 31 heavy (non-hydrogen) atoms. The minimum Gasteiger partial charge on any atom is -0.457 e. The summed E-state index contributed by atoms with van der Waals surface area (Å²) in [6.45, 7) is 1.79. The third-order valence-corrected chi connectivity index (χ3v) is 7.46. The number of benzene rings is 3. The van der Waals surface area contributed by atoms with E-state index in [1.54, 1.807) is 12.1 Å². The lowest BCUT2D eigenvalue weighted by Gasteiger charge is -2.22. The van der Waals surface area contributed by atoms with Gasteiger partial charge in [-0.3, -0.25) is 0 Å². The van der Waals surface area contributed by atoms with Crippen molar-refractivity contribution in [2.45, 2.75) is 24.3 Å². The van der Waals surface area contributed by atoms with Crippen molar-refractivity contribution in [3.8, 4) is 0 Å². The van der Waals surface area contributed by atoms with Crippen molar-refractivity contribution in [2.75, 3.05) is 32.1 Å². The molecule has 0 bridgehead atoms. The second-order valence-corrected chi connectivity index (χ2v) is 10.0. The number of anilines is 1. The third-order valence-electron chi connectivity index (χ3n) is 5.65. The zero-order valence-electron chi connectivity index (χ0n) is 17.7. The number of carbonyl (C=O) groups excluding carboxylic acids is 1. The molecule has 3 aromatic carbocycles. The number of rotatable bonds is 6. The van der Waals surface area contributed by atoms with Gasteiger partial charge in [0.25, 0.3) is 0 Å². The Bertz CT molecular complexity index is 1210. The highest BCUT2D eigenvalue weighted by Crippen LogP contribution is 2.29. The molecular weight excluding hydrogens is 412 g/mol. The summed E-state index contributed by atoms with van der Waals surface area (Å²) in [5, 5.41) is 2.11. The molecule has 0 N–H and O–H groups in total. The van der Waals surface area contributed by atoms with E-state index in [1.165, 1.54) is 20.2 Å². The highest BCUT2D eigenvalue weighted by molar-refractivity contribution is 7.89. The number of hydrogen-bond donors (Lipinski definition) is 0. The van der Waals surface area contributed by atoms with E-state index >= 15 is 0 Å². The fourth-order valence-corrected chi connectivity index (χ4v) is 4.85. The summed E-state index contributed by atoms with van der Waals surface area (Å²) in [6.07, 6.45) is 2.09. The van der Waals surface area contributed by atoms with Crippen molar-refractivity contribution in [2.24, 2.45) is 0 Å². The molecule has 0 unspecified atom stereocenters. The quantitative estimate of drug-likeness (QED) is 0.543. The Morgan fingerprint density at radius 1 is 1.00 bits per heavy atom. The molecule has 1 aliphatic rings. The van der Waals surface area contributed by atoms with E-state index < -0.39 is 16.0 Å². The van der Waals surface area contributed by atoms with Gasteiger partial charge in [0.1, 0.15) is 6.61 Å². The molecule has 162 valence electrons. The van der Waals surface area contributed by atoms with E-state index in [0.29, 0.717) is 0 Å². The number of sulfonamides is 1. The number of esters is 1. The van der Waals surface area contributed by atoms with Crippen LogP contribution in [0, 0.1) is 0 Å². The van der Waals surface area contributed by atoms with Gasteiger partial charge in [-0.1, -0.05) is 42.5 Å². The van der Waals surface area contributed by atoms with Crippen LogP contribution in [0.5, 0.6) is 0 Å². The number of carbonyl (C=O) groups is 1. The predicted octanol–water partition coefficient (Wildman–Crippen LogP) is 4.05. The van der Waals surface area contributed by atoms with Crippen molar-refractivity contribution >= 4 is 32.5 Å². The van der Waals surface area contributed by atoms with Crippen molar-refractivity contribution in [3.05, 3.63) is 71.8 Å². The van der Waals surface area contributed by atoms with Gasteiger partial charge in [-0.05, 0) is 47.4 Å². The van der Waals surface area contributed by atoms with Gasteiger partial charge in [-0.25, -0.2) is 17.5 Å².